The molecule has 5 nitrogen and oxygen atoms in total. The van der Waals surface area contributed by atoms with Crippen molar-refractivity contribution in [3.8, 4) is 0 Å². The van der Waals surface area contributed by atoms with Gasteiger partial charge in [-0.2, -0.15) is 0 Å². The predicted molar refractivity (Wildman–Crippen MR) is 78.4 cm³/mol. The van der Waals surface area contributed by atoms with E-state index in [9.17, 15) is 14.7 Å². The molecule has 1 amide bonds. The quantitative estimate of drug-likeness (QED) is 0.930. The number of nitrogens with zero attached hydrogens (tertiary/aromatic N) is 1. The molecular formula is C16H23NO4. The van der Waals surface area contributed by atoms with Crippen molar-refractivity contribution in [1.29, 1.82) is 0 Å². The summed E-state index contributed by atoms with van der Waals surface area (Å²) in [6.45, 7) is 8.25. The third-order valence-electron chi connectivity index (χ3n) is 4.77. The van der Waals surface area contributed by atoms with Crippen LogP contribution in [0.1, 0.15) is 53.6 Å². The van der Waals surface area contributed by atoms with Gasteiger partial charge < -0.3 is 14.4 Å². The van der Waals surface area contributed by atoms with Crippen LogP contribution in [0.5, 0.6) is 0 Å². The van der Waals surface area contributed by atoms with Crippen molar-refractivity contribution < 1.29 is 19.1 Å². The highest BCUT2D eigenvalue weighted by Crippen LogP contribution is 2.35. The molecule has 1 atom stereocenters. The van der Waals surface area contributed by atoms with Crippen LogP contribution in [0.3, 0.4) is 0 Å². The molecule has 0 aliphatic carbocycles. The van der Waals surface area contributed by atoms with E-state index in [4.69, 9.17) is 4.42 Å². The van der Waals surface area contributed by atoms with Gasteiger partial charge in [0.25, 0.3) is 5.91 Å². The third-order valence-corrected chi connectivity index (χ3v) is 4.77. The number of furan rings is 1. The van der Waals surface area contributed by atoms with E-state index in [1.54, 1.807) is 11.8 Å². The van der Waals surface area contributed by atoms with Gasteiger partial charge in [-0.15, -0.1) is 0 Å². The lowest BCUT2D eigenvalue weighted by Crippen LogP contribution is -2.49. The van der Waals surface area contributed by atoms with Crippen molar-refractivity contribution in [2.24, 2.45) is 5.41 Å². The summed E-state index contributed by atoms with van der Waals surface area (Å²) in [6, 6.07) is 0. The molecule has 116 valence electrons. The summed E-state index contributed by atoms with van der Waals surface area (Å²) >= 11 is 0. The van der Waals surface area contributed by atoms with Crippen molar-refractivity contribution in [2.75, 3.05) is 13.1 Å². The number of carbonyl (C=O) groups excluding carboxylic acids is 1. The van der Waals surface area contributed by atoms with E-state index in [-0.39, 0.29) is 12.5 Å². The number of piperidine rings is 1. The average molecular weight is 293 g/mol. The highest BCUT2D eigenvalue weighted by molar-refractivity contribution is 5.97. The number of carboxylic acid groups (broad SMARTS) is 1. The number of hydrogen-bond acceptors (Lipinski definition) is 3. The third kappa shape index (κ3) is 2.57. The lowest BCUT2D eigenvalue weighted by atomic mass is 9.77. The highest BCUT2D eigenvalue weighted by atomic mass is 16.4. The van der Waals surface area contributed by atoms with E-state index in [2.05, 4.69) is 0 Å². The van der Waals surface area contributed by atoms with Crippen molar-refractivity contribution >= 4 is 11.9 Å². The molecule has 0 aromatic carbocycles. The van der Waals surface area contributed by atoms with Crippen LogP contribution < -0.4 is 0 Å². The summed E-state index contributed by atoms with van der Waals surface area (Å²) in [7, 11) is 0. The topological polar surface area (TPSA) is 70.8 Å². The molecule has 0 saturated carbocycles. The zero-order valence-corrected chi connectivity index (χ0v) is 13.2. The normalized spacial score (nSPS) is 22.4. The number of amides is 1. The minimum absolute atomic E-state index is 0.111. The minimum Gasteiger partial charge on any atom is -0.481 e. The molecule has 2 rings (SSSR count). The maximum absolute atomic E-state index is 12.8. The molecule has 21 heavy (non-hydrogen) atoms. The lowest BCUT2D eigenvalue weighted by molar-refractivity contribution is -0.152. The van der Waals surface area contributed by atoms with Crippen LogP contribution in [0.15, 0.2) is 4.42 Å². The number of carboxylic acids is 1. The fourth-order valence-electron chi connectivity index (χ4n) is 3.19. The van der Waals surface area contributed by atoms with Crippen LogP contribution in [0, 0.1) is 26.2 Å². The van der Waals surface area contributed by atoms with E-state index < -0.39 is 11.4 Å². The largest absolute Gasteiger partial charge is 0.481 e. The Balaban J connectivity index is 2.29. The summed E-state index contributed by atoms with van der Waals surface area (Å²) < 4.78 is 5.52. The second-order valence-corrected chi connectivity index (χ2v) is 5.98. The van der Waals surface area contributed by atoms with Gasteiger partial charge in [0.1, 0.15) is 11.5 Å². The van der Waals surface area contributed by atoms with E-state index in [0.717, 1.165) is 17.7 Å². The smallest absolute Gasteiger partial charge is 0.311 e. The number of aryl methyl sites for hydroxylation is 2. The summed E-state index contributed by atoms with van der Waals surface area (Å²) in [5.41, 5.74) is 0.624. The lowest BCUT2D eigenvalue weighted by Gasteiger charge is -2.39. The van der Waals surface area contributed by atoms with E-state index >= 15 is 0 Å². The molecule has 1 fully saturated rings. The number of carbonyl (C=O) groups is 2. The van der Waals surface area contributed by atoms with Crippen molar-refractivity contribution in [1.82, 2.24) is 4.90 Å². The van der Waals surface area contributed by atoms with Gasteiger partial charge in [-0.1, -0.05) is 6.92 Å². The van der Waals surface area contributed by atoms with Crippen molar-refractivity contribution in [3.63, 3.8) is 0 Å². The molecule has 0 bridgehead atoms. The van der Waals surface area contributed by atoms with E-state index in [1.807, 2.05) is 20.8 Å². The van der Waals surface area contributed by atoms with Crippen LogP contribution in [0.25, 0.3) is 0 Å². The van der Waals surface area contributed by atoms with Crippen molar-refractivity contribution in [2.45, 2.75) is 47.0 Å². The van der Waals surface area contributed by atoms with Gasteiger partial charge >= 0.3 is 5.97 Å². The van der Waals surface area contributed by atoms with Crippen LogP contribution in [0.4, 0.5) is 0 Å². The highest BCUT2D eigenvalue weighted by Gasteiger charge is 2.42. The van der Waals surface area contributed by atoms with Gasteiger partial charge in [0, 0.05) is 18.7 Å². The average Bonchev–Trinajstić information content (AvgIpc) is 2.71. The molecule has 2 heterocycles. The minimum atomic E-state index is -0.811. The fraction of sp³-hybridized carbons (Fsp3) is 0.625. The van der Waals surface area contributed by atoms with Gasteiger partial charge in [0.2, 0.25) is 0 Å². The Morgan fingerprint density at radius 3 is 2.43 bits per heavy atom. The Hall–Kier alpha value is -1.78. The second-order valence-electron chi connectivity index (χ2n) is 5.98. The molecule has 1 N–H and O–H groups in total. The zero-order chi connectivity index (χ0) is 15.8. The molecule has 1 aromatic heterocycles. The molecule has 0 radical (unpaired) electrons. The first kappa shape index (κ1) is 15.6. The molecule has 1 aliphatic heterocycles. The first-order chi connectivity index (χ1) is 9.82. The summed E-state index contributed by atoms with van der Waals surface area (Å²) in [6.07, 6.45) is 1.89. The fourth-order valence-corrected chi connectivity index (χ4v) is 3.19. The number of rotatable bonds is 3. The summed E-state index contributed by atoms with van der Waals surface area (Å²) in [5.74, 6) is 0.436. The molecular weight excluding hydrogens is 270 g/mol. The molecule has 1 aromatic rings. The van der Waals surface area contributed by atoms with E-state index in [0.29, 0.717) is 30.7 Å². The number of aliphatic carboxylic acids is 1. The van der Waals surface area contributed by atoms with Crippen LogP contribution in [0.2, 0.25) is 0 Å². The van der Waals surface area contributed by atoms with Crippen molar-refractivity contribution in [3.05, 3.63) is 22.6 Å². The molecule has 1 saturated heterocycles. The van der Waals surface area contributed by atoms with Gasteiger partial charge in [-0.25, -0.2) is 0 Å². The van der Waals surface area contributed by atoms with Gasteiger partial charge in [-0.05, 0) is 40.0 Å². The Bertz CT molecular complexity index is 575. The molecule has 5 heteroatoms. The van der Waals surface area contributed by atoms with Crippen LogP contribution in [-0.2, 0) is 4.79 Å². The van der Waals surface area contributed by atoms with Crippen LogP contribution >= 0.6 is 0 Å². The summed E-state index contributed by atoms with van der Waals surface area (Å²) in [4.78, 5) is 26.0. The van der Waals surface area contributed by atoms with Crippen LogP contribution in [-0.4, -0.2) is 35.0 Å². The first-order valence-corrected chi connectivity index (χ1v) is 7.41. The van der Waals surface area contributed by atoms with Gasteiger partial charge in [0.05, 0.1) is 11.0 Å². The Labute approximate surface area is 124 Å². The first-order valence-electron chi connectivity index (χ1n) is 7.41. The zero-order valence-electron chi connectivity index (χ0n) is 13.2. The predicted octanol–water partition coefficient (Wildman–Crippen LogP) is 2.92. The van der Waals surface area contributed by atoms with Gasteiger partial charge in [-0.3, -0.25) is 9.59 Å². The van der Waals surface area contributed by atoms with E-state index in [1.165, 1.54) is 0 Å². The number of hydrogen-bond donors (Lipinski definition) is 1. The molecule has 0 spiro atoms. The maximum atomic E-state index is 12.8. The molecule has 1 unspecified atom stereocenters. The molecule has 1 aliphatic rings. The Morgan fingerprint density at radius 2 is 1.95 bits per heavy atom. The Kier molecular flexibility index (Phi) is 4.12. The maximum Gasteiger partial charge on any atom is 0.311 e. The standard InChI is InChI=1S/C16H23NO4/c1-5-16(15(19)20)7-6-8-17(9-16)14(18)13-10(2)11(3)21-12(13)4/h5-9H2,1-4H3,(H,19,20). The monoisotopic (exact) mass is 293 g/mol. The summed E-state index contributed by atoms with van der Waals surface area (Å²) in [5, 5.41) is 9.52. The second kappa shape index (κ2) is 5.54. The SMILES string of the molecule is CCC1(C(=O)O)CCCN(C(=O)c2c(C)oc(C)c2C)C1. The number of likely N-dealkylation sites (tertiary alicyclic amines) is 1. The van der Waals surface area contributed by atoms with Gasteiger partial charge in [0.15, 0.2) is 0 Å². The Morgan fingerprint density at radius 1 is 1.29 bits per heavy atom.